The number of benzene rings is 2. The lowest BCUT2D eigenvalue weighted by Gasteiger charge is -2.12. The number of nitro groups is 1. The molecule has 0 radical (unpaired) electrons. The molecule has 12 heteroatoms. The summed E-state index contributed by atoms with van der Waals surface area (Å²) in [5.74, 6) is 0.370. The van der Waals surface area contributed by atoms with Gasteiger partial charge in [0.15, 0.2) is 11.6 Å². The number of hydrogen-bond donors (Lipinski definition) is 3. The van der Waals surface area contributed by atoms with E-state index in [9.17, 15) is 15.2 Å². The van der Waals surface area contributed by atoms with E-state index in [0.29, 0.717) is 5.82 Å². The zero-order valence-electron chi connectivity index (χ0n) is 16.4. The van der Waals surface area contributed by atoms with Gasteiger partial charge in [-0.1, -0.05) is 12.1 Å². The first-order valence-corrected chi connectivity index (χ1v) is 9.02. The van der Waals surface area contributed by atoms with E-state index in [1.807, 2.05) is 32.0 Å². The summed E-state index contributed by atoms with van der Waals surface area (Å²) in [5, 5.41) is 35.5. The van der Waals surface area contributed by atoms with E-state index < -0.39 is 4.92 Å². The zero-order valence-corrected chi connectivity index (χ0v) is 16.4. The van der Waals surface area contributed by atoms with Crippen LogP contribution in [0.4, 0.5) is 23.0 Å². The van der Waals surface area contributed by atoms with Crippen LogP contribution in [0.15, 0.2) is 46.1 Å². The average Bonchev–Trinajstić information content (AvgIpc) is 3.20. The van der Waals surface area contributed by atoms with Crippen molar-refractivity contribution in [1.29, 1.82) is 0 Å². The van der Waals surface area contributed by atoms with Gasteiger partial charge in [-0.25, -0.2) is 9.61 Å². The molecule has 156 valence electrons. The summed E-state index contributed by atoms with van der Waals surface area (Å²) in [7, 11) is 0. The van der Waals surface area contributed by atoms with E-state index in [4.69, 9.17) is 0 Å². The van der Waals surface area contributed by atoms with Crippen LogP contribution in [0.2, 0.25) is 0 Å². The second kappa shape index (κ2) is 8.02. The fraction of sp³-hybridized carbons (Fsp3) is 0.105. The number of phenols is 1. The van der Waals surface area contributed by atoms with Crippen LogP contribution in [-0.2, 0) is 0 Å². The number of non-ortho nitro benzene ring substituents is 1. The topological polar surface area (TPSA) is 164 Å². The molecule has 0 atom stereocenters. The molecule has 12 nitrogen and oxygen atoms in total. The largest absolute Gasteiger partial charge is 0.507 e. The van der Waals surface area contributed by atoms with E-state index in [1.54, 1.807) is 0 Å². The van der Waals surface area contributed by atoms with Gasteiger partial charge in [-0.3, -0.25) is 15.5 Å². The molecule has 0 aliphatic rings. The minimum absolute atomic E-state index is 0.155. The van der Waals surface area contributed by atoms with Crippen molar-refractivity contribution in [3.8, 4) is 5.75 Å². The van der Waals surface area contributed by atoms with Crippen LogP contribution < -0.4 is 10.7 Å². The molecule has 0 saturated heterocycles. The summed E-state index contributed by atoms with van der Waals surface area (Å²) in [5.41, 5.74) is 6.01. The van der Waals surface area contributed by atoms with E-state index in [-0.39, 0.29) is 34.1 Å². The highest BCUT2D eigenvalue weighted by Gasteiger charge is 2.14. The predicted molar refractivity (Wildman–Crippen MR) is 113 cm³/mol. The van der Waals surface area contributed by atoms with Crippen LogP contribution in [0.25, 0.3) is 11.3 Å². The fourth-order valence-corrected chi connectivity index (χ4v) is 2.74. The van der Waals surface area contributed by atoms with Crippen LogP contribution in [0.1, 0.15) is 16.7 Å². The summed E-state index contributed by atoms with van der Waals surface area (Å²) >= 11 is 0. The molecule has 0 aliphatic heterocycles. The molecule has 2 aromatic heterocycles. The number of nitro benzene ring substituents is 1. The third kappa shape index (κ3) is 4.07. The number of aromatic hydroxyl groups is 1. The van der Waals surface area contributed by atoms with E-state index in [2.05, 4.69) is 40.8 Å². The number of nitrogens with one attached hydrogen (secondary N) is 2. The van der Waals surface area contributed by atoms with Crippen molar-refractivity contribution >= 4 is 40.5 Å². The lowest BCUT2D eigenvalue weighted by Crippen LogP contribution is -2.04. The Kier molecular flexibility index (Phi) is 5.10. The molecule has 4 rings (SSSR count). The molecular weight excluding hydrogens is 404 g/mol. The zero-order chi connectivity index (χ0) is 22.0. The van der Waals surface area contributed by atoms with Crippen LogP contribution >= 0.6 is 0 Å². The quantitative estimate of drug-likeness (QED) is 0.239. The van der Waals surface area contributed by atoms with Gasteiger partial charge < -0.3 is 10.4 Å². The maximum absolute atomic E-state index is 10.9. The summed E-state index contributed by atoms with van der Waals surface area (Å²) < 4.78 is 4.68. The maximum Gasteiger partial charge on any atom is 0.270 e. The number of aromatic nitrogens is 4. The Balaban J connectivity index is 1.66. The number of fused-ring (bicyclic) bond motifs is 1. The highest BCUT2D eigenvalue weighted by molar-refractivity contribution is 5.85. The molecule has 0 amide bonds. The van der Waals surface area contributed by atoms with Crippen LogP contribution in [0.3, 0.4) is 0 Å². The molecule has 0 unspecified atom stereocenters. The number of nitrogens with zero attached hydrogens (tertiary/aromatic N) is 6. The molecule has 0 saturated carbocycles. The second-order valence-corrected chi connectivity index (χ2v) is 6.57. The Hall–Kier alpha value is -4.61. The van der Waals surface area contributed by atoms with Gasteiger partial charge in [0.05, 0.1) is 11.1 Å². The molecular formula is C19H16N8O4. The fourth-order valence-electron chi connectivity index (χ4n) is 2.74. The molecule has 0 aliphatic carbocycles. The van der Waals surface area contributed by atoms with Gasteiger partial charge in [0.25, 0.3) is 5.69 Å². The maximum atomic E-state index is 10.9. The molecule has 4 aromatic rings. The van der Waals surface area contributed by atoms with Gasteiger partial charge >= 0.3 is 0 Å². The molecule has 0 spiro atoms. The Morgan fingerprint density at radius 1 is 1.13 bits per heavy atom. The van der Waals surface area contributed by atoms with Gasteiger partial charge in [-0.15, -0.1) is 0 Å². The number of rotatable bonds is 6. The van der Waals surface area contributed by atoms with Crippen molar-refractivity contribution in [2.75, 3.05) is 10.7 Å². The van der Waals surface area contributed by atoms with Gasteiger partial charge in [-0.2, -0.15) is 10.1 Å². The summed E-state index contributed by atoms with van der Waals surface area (Å²) in [6.45, 7) is 3.96. The first kappa shape index (κ1) is 19.7. The van der Waals surface area contributed by atoms with E-state index >= 15 is 0 Å². The van der Waals surface area contributed by atoms with Crippen molar-refractivity contribution in [2.24, 2.45) is 5.10 Å². The molecule has 0 bridgehead atoms. The van der Waals surface area contributed by atoms with Crippen molar-refractivity contribution in [3.05, 3.63) is 63.2 Å². The Bertz CT molecular complexity index is 1320. The standard InChI is InChI=1S/C19H16N8O4/c1-10-4-3-5-14(11(10)2)21-16-17(23-19-18(22-16)25-31-26-19)24-20-9-12-8-13(27(29)30)6-7-15(12)28/h3-9,28H,1-2H3,(H,21,22,25)(H,23,24,26)/b20-9-. The number of anilines is 3. The second-order valence-electron chi connectivity index (χ2n) is 6.57. The SMILES string of the molecule is Cc1cccc(Nc2nc3nonc3nc2N/N=C\c2cc([N+](=O)[O-])ccc2O)c1C. The summed E-state index contributed by atoms with van der Waals surface area (Å²) in [6.07, 6.45) is 1.23. The Morgan fingerprint density at radius 2 is 1.87 bits per heavy atom. The highest BCUT2D eigenvalue weighted by atomic mass is 16.6. The molecule has 31 heavy (non-hydrogen) atoms. The predicted octanol–water partition coefficient (Wildman–Crippen LogP) is 3.43. The Morgan fingerprint density at radius 3 is 2.61 bits per heavy atom. The van der Waals surface area contributed by atoms with E-state index in [0.717, 1.165) is 16.8 Å². The third-order valence-corrected chi connectivity index (χ3v) is 4.57. The number of phenolic OH excluding ortho intramolecular Hbond substituents is 1. The monoisotopic (exact) mass is 420 g/mol. The third-order valence-electron chi connectivity index (χ3n) is 4.57. The van der Waals surface area contributed by atoms with Crippen molar-refractivity contribution in [2.45, 2.75) is 13.8 Å². The van der Waals surface area contributed by atoms with Crippen molar-refractivity contribution < 1.29 is 14.7 Å². The van der Waals surface area contributed by atoms with Crippen LogP contribution in [0, 0.1) is 24.0 Å². The van der Waals surface area contributed by atoms with Gasteiger partial charge in [0.1, 0.15) is 5.75 Å². The minimum atomic E-state index is -0.562. The Labute approximate surface area is 174 Å². The van der Waals surface area contributed by atoms with Crippen LogP contribution in [0.5, 0.6) is 5.75 Å². The summed E-state index contributed by atoms with van der Waals surface area (Å²) in [4.78, 5) is 19.0. The van der Waals surface area contributed by atoms with Crippen molar-refractivity contribution in [1.82, 2.24) is 20.3 Å². The minimum Gasteiger partial charge on any atom is -0.507 e. The lowest BCUT2D eigenvalue weighted by atomic mass is 10.1. The highest BCUT2D eigenvalue weighted by Crippen LogP contribution is 2.27. The van der Waals surface area contributed by atoms with Gasteiger partial charge in [0.2, 0.25) is 11.3 Å². The molecule has 0 fully saturated rings. The first-order valence-electron chi connectivity index (χ1n) is 9.02. The lowest BCUT2D eigenvalue weighted by molar-refractivity contribution is -0.384. The number of hydrogen-bond acceptors (Lipinski definition) is 11. The van der Waals surface area contributed by atoms with Gasteiger partial charge in [0, 0.05) is 23.4 Å². The van der Waals surface area contributed by atoms with Crippen LogP contribution in [-0.4, -0.2) is 36.5 Å². The molecule has 3 N–H and O–H groups in total. The average molecular weight is 420 g/mol. The van der Waals surface area contributed by atoms with Gasteiger partial charge in [-0.05, 0) is 47.4 Å². The van der Waals surface area contributed by atoms with Crippen molar-refractivity contribution in [3.63, 3.8) is 0 Å². The number of hydrazone groups is 1. The first-order chi connectivity index (χ1) is 14.9. The smallest absolute Gasteiger partial charge is 0.270 e. The van der Waals surface area contributed by atoms with E-state index in [1.165, 1.54) is 24.4 Å². The molecule has 2 aromatic carbocycles. The number of aryl methyl sites for hydroxylation is 1. The summed E-state index contributed by atoms with van der Waals surface area (Å²) in [6, 6.07) is 9.41. The normalized spacial score (nSPS) is 11.2. The molecule has 2 heterocycles.